The quantitative estimate of drug-likeness (QED) is 0.757. The molecule has 1 aliphatic rings. The molecule has 1 fully saturated rings. The van der Waals surface area contributed by atoms with Crippen LogP contribution in [0.3, 0.4) is 0 Å². The molecular weight excluding hydrogens is 341 g/mol. The number of benzene rings is 1. The average molecular weight is 357 g/mol. The first-order valence-corrected chi connectivity index (χ1v) is 9.48. The van der Waals surface area contributed by atoms with E-state index in [9.17, 15) is 17.2 Å². The van der Waals surface area contributed by atoms with Crippen LogP contribution >= 0.6 is 23.2 Å². The fourth-order valence-corrected chi connectivity index (χ4v) is 5.69. The zero-order valence-corrected chi connectivity index (χ0v) is 13.6. The van der Waals surface area contributed by atoms with E-state index in [4.69, 9.17) is 23.2 Å². The Labute approximate surface area is 133 Å². The number of halogens is 4. The van der Waals surface area contributed by atoms with Crippen molar-refractivity contribution in [1.29, 1.82) is 0 Å². The van der Waals surface area contributed by atoms with E-state index in [1.807, 2.05) is 0 Å². The van der Waals surface area contributed by atoms with Gasteiger partial charge in [-0.25, -0.2) is 17.2 Å². The fraction of sp³-hybridized carbons (Fsp3) is 0.571. The monoisotopic (exact) mass is 356 g/mol. The van der Waals surface area contributed by atoms with Crippen LogP contribution in [-0.4, -0.2) is 31.7 Å². The summed E-state index contributed by atoms with van der Waals surface area (Å²) in [5.74, 6) is -1.77. The second-order valence-electron chi connectivity index (χ2n) is 5.62. The zero-order chi connectivity index (χ0) is 15.7. The third kappa shape index (κ3) is 3.51. The van der Waals surface area contributed by atoms with Gasteiger partial charge >= 0.3 is 0 Å². The van der Waals surface area contributed by atoms with Crippen LogP contribution in [0.4, 0.5) is 8.78 Å². The third-order valence-corrected chi connectivity index (χ3v) is 7.04. The highest BCUT2D eigenvalue weighted by molar-refractivity contribution is 7.91. The molecule has 0 aliphatic carbocycles. The van der Waals surface area contributed by atoms with Gasteiger partial charge in [0, 0.05) is 17.2 Å². The summed E-state index contributed by atoms with van der Waals surface area (Å²) in [5.41, 5.74) is -0.568. The number of rotatable bonds is 5. The van der Waals surface area contributed by atoms with Gasteiger partial charge in [-0.15, -0.1) is 23.2 Å². The first-order chi connectivity index (χ1) is 9.83. The molecule has 1 saturated heterocycles. The Hall–Kier alpha value is -0.390. The maximum Gasteiger partial charge on any atom is 0.162 e. The molecule has 0 saturated carbocycles. The van der Waals surface area contributed by atoms with Crippen molar-refractivity contribution >= 4 is 33.0 Å². The Morgan fingerprint density at radius 2 is 1.90 bits per heavy atom. The molecule has 7 heteroatoms. The normalized spacial score (nSPS) is 21.6. The standard InChI is InChI=1S/C14H16Cl2F2O2S/c15-8-14(9-16,11-4-5-21(19,20)7-11)6-10-2-1-3-12(17)13(10)18/h1-3,11H,4-9H2. The van der Waals surface area contributed by atoms with Gasteiger partial charge in [0.05, 0.1) is 11.5 Å². The molecule has 0 bridgehead atoms. The summed E-state index contributed by atoms with van der Waals surface area (Å²) in [6, 6.07) is 3.95. The minimum absolute atomic E-state index is 0.00335. The molecule has 1 aromatic carbocycles. The van der Waals surface area contributed by atoms with Crippen molar-refractivity contribution in [3.05, 3.63) is 35.4 Å². The molecule has 2 rings (SSSR count). The molecule has 118 valence electrons. The Kier molecular flexibility index (Phi) is 5.16. The highest BCUT2D eigenvalue weighted by atomic mass is 35.5. The van der Waals surface area contributed by atoms with Gasteiger partial charge in [0.25, 0.3) is 0 Å². The zero-order valence-electron chi connectivity index (χ0n) is 11.3. The second-order valence-corrected chi connectivity index (χ2v) is 8.38. The fourth-order valence-electron chi connectivity index (χ4n) is 2.84. The van der Waals surface area contributed by atoms with E-state index in [0.717, 1.165) is 6.07 Å². The Bertz CT molecular complexity index is 615. The lowest BCUT2D eigenvalue weighted by molar-refractivity contribution is 0.241. The van der Waals surface area contributed by atoms with E-state index < -0.39 is 26.9 Å². The Balaban J connectivity index is 2.32. The molecule has 2 nitrogen and oxygen atoms in total. The van der Waals surface area contributed by atoms with Crippen LogP contribution < -0.4 is 0 Å². The van der Waals surface area contributed by atoms with Crippen LogP contribution in [0.15, 0.2) is 18.2 Å². The van der Waals surface area contributed by atoms with Crippen molar-refractivity contribution in [2.24, 2.45) is 11.3 Å². The minimum Gasteiger partial charge on any atom is -0.229 e. The first-order valence-electron chi connectivity index (χ1n) is 6.59. The lowest BCUT2D eigenvalue weighted by Gasteiger charge is -2.35. The number of hydrogen-bond donors (Lipinski definition) is 0. The van der Waals surface area contributed by atoms with Crippen LogP contribution in [0.25, 0.3) is 0 Å². The minimum atomic E-state index is -3.09. The SMILES string of the molecule is O=S1(=O)CCC(C(CCl)(CCl)Cc2cccc(F)c2F)C1. The summed E-state index contributed by atoms with van der Waals surface area (Å²) in [6.07, 6.45) is 0.586. The summed E-state index contributed by atoms with van der Waals surface area (Å²) in [5, 5.41) is 0. The predicted octanol–water partition coefficient (Wildman–Crippen LogP) is 3.41. The molecular formula is C14H16Cl2F2O2S. The van der Waals surface area contributed by atoms with E-state index in [0.29, 0.717) is 6.42 Å². The molecule has 0 aromatic heterocycles. The van der Waals surface area contributed by atoms with E-state index in [-0.39, 0.29) is 41.2 Å². The topological polar surface area (TPSA) is 34.1 Å². The molecule has 0 radical (unpaired) electrons. The average Bonchev–Trinajstić information content (AvgIpc) is 2.81. The molecule has 1 unspecified atom stereocenters. The second kappa shape index (κ2) is 6.39. The third-order valence-electron chi connectivity index (χ3n) is 4.20. The number of hydrogen-bond acceptors (Lipinski definition) is 2. The first kappa shape index (κ1) is 17.0. The van der Waals surface area contributed by atoms with Crippen molar-refractivity contribution < 1.29 is 17.2 Å². The van der Waals surface area contributed by atoms with Gasteiger partial charge in [-0.3, -0.25) is 0 Å². The summed E-state index contributed by atoms with van der Waals surface area (Å²) >= 11 is 12.1. The van der Waals surface area contributed by atoms with Gasteiger partial charge < -0.3 is 0 Å². The van der Waals surface area contributed by atoms with Crippen LogP contribution in [0.5, 0.6) is 0 Å². The molecule has 1 atom stereocenters. The molecule has 0 amide bonds. The molecule has 0 N–H and O–H groups in total. The van der Waals surface area contributed by atoms with E-state index in [1.165, 1.54) is 12.1 Å². The maximum atomic E-state index is 13.9. The lowest BCUT2D eigenvalue weighted by atomic mass is 9.73. The summed E-state index contributed by atoms with van der Waals surface area (Å²) in [7, 11) is -3.09. The number of alkyl halides is 2. The van der Waals surface area contributed by atoms with Gasteiger partial charge in [-0.2, -0.15) is 0 Å². The van der Waals surface area contributed by atoms with Crippen LogP contribution in [0.2, 0.25) is 0 Å². The highest BCUT2D eigenvalue weighted by Gasteiger charge is 2.44. The maximum absolute atomic E-state index is 13.9. The molecule has 1 aliphatic heterocycles. The smallest absolute Gasteiger partial charge is 0.162 e. The lowest BCUT2D eigenvalue weighted by Crippen LogP contribution is -2.38. The van der Waals surface area contributed by atoms with Crippen molar-refractivity contribution in [1.82, 2.24) is 0 Å². The van der Waals surface area contributed by atoms with Gasteiger partial charge in [-0.05, 0) is 30.4 Å². The highest BCUT2D eigenvalue weighted by Crippen LogP contribution is 2.41. The van der Waals surface area contributed by atoms with Gasteiger partial charge in [0.1, 0.15) is 0 Å². The van der Waals surface area contributed by atoms with E-state index >= 15 is 0 Å². The number of sulfone groups is 1. The van der Waals surface area contributed by atoms with Crippen molar-refractivity contribution in [3.63, 3.8) is 0 Å². The van der Waals surface area contributed by atoms with Gasteiger partial charge in [-0.1, -0.05) is 12.1 Å². The van der Waals surface area contributed by atoms with Gasteiger partial charge in [0.2, 0.25) is 0 Å². The van der Waals surface area contributed by atoms with Crippen molar-refractivity contribution in [2.45, 2.75) is 12.8 Å². The summed E-state index contributed by atoms with van der Waals surface area (Å²) < 4.78 is 50.5. The Morgan fingerprint density at radius 3 is 2.43 bits per heavy atom. The van der Waals surface area contributed by atoms with Crippen molar-refractivity contribution in [3.8, 4) is 0 Å². The molecule has 21 heavy (non-hydrogen) atoms. The molecule has 0 spiro atoms. The Morgan fingerprint density at radius 1 is 1.24 bits per heavy atom. The molecule has 1 aromatic rings. The largest absolute Gasteiger partial charge is 0.229 e. The summed E-state index contributed by atoms with van der Waals surface area (Å²) in [4.78, 5) is 0. The van der Waals surface area contributed by atoms with Crippen LogP contribution in [0.1, 0.15) is 12.0 Å². The molecule has 1 heterocycles. The predicted molar refractivity (Wildman–Crippen MR) is 80.7 cm³/mol. The van der Waals surface area contributed by atoms with Crippen molar-refractivity contribution in [2.75, 3.05) is 23.3 Å². The van der Waals surface area contributed by atoms with E-state index in [2.05, 4.69) is 0 Å². The van der Waals surface area contributed by atoms with Gasteiger partial charge in [0.15, 0.2) is 21.5 Å². The van der Waals surface area contributed by atoms with Crippen LogP contribution in [0, 0.1) is 23.0 Å². The summed E-state index contributed by atoms with van der Waals surface area (Å²) in [6.45, 7) is 0. The van der Waals surface area contributed by atoms with E-state index in [1.54, 1.807) is 0 Å². The van der Waals surface area contributed by atoms with Crippen LogP contribution in [-0.2, 0) is 16.3 Å².